The van der Waals surface area contributed by atoms with Crippen molar-refractivity contribution in [3.63, 3.8) is 0 Å². The molecule has 4 heterocycles. The summed E-state index contributed by atoms with van der Waals surface area (Å²) >= 11 is 0. The van der Waals surface area contributed by atoms with E-state index in [9.17, 15) is 4.79 Å². The summed E-state index contributed by atoms with van der Waals surface area (Å²) in [4.78, 5) is 21.3. The second-order valence-electron chi connectivity index (χ2n) is 6.60. The van der Waals surface area contributed by atoms with Gasteiger partial charge < -0.3 is 9.15 Å². The zero-order valence-electron chi connectivity index (χ0n) is 15.9. The SMILES string of the molecule is Cc1cc(C)n2nc(CCCOC(=O)c3cn(C)nc3-c3ccoc3)nc2n1. The van der Waals surface area contributed by atoms with E-state index in [-0.39, 0.29) is 6.61 Å². The van der Waals surface area contributed by atoms with Crippen LogP contribution in [0.5, 0.6) is 0 Å². The van der Waals surface area contributed by atoms with Gasteiger partial charge in [-0.1, -0.05) is 0 Å². The average Bonchev–Trinajstić information content (AvgIpc) is 3.37. The summed E-state index contributed by atoms with van der Waals surface area (Å²) in [5.74, 6) is 0.850. The summed E-state index contributed by atoms with van der Waals surface area (Å²) in [5.41, 5.74) is 3.57. The second kappa shape index (κ2) is 7.26. The molecule has 28 heavy (non-hydrogen) atoms. The Morgan fingerprint density at radius 1 is 1.25 bits per heavy atom. The number of aromatic nitrogens is 6. The van der Waals surface area contributed by atoms with Crippen LogP contribution in [0.25, 0.3) is 17.0 Å². The predicted molar refractivity (Wildman–Crippen MR) is 99.8 cm³/mol. The minimum atomic E-state index is -0.416. The molecule has 0 saturated heterocycles. The zero-order chi connectivity index (χ0) is 19.7. The highest BCUT2D eigenvalue weighted by molar-refractivity contribution is 5.95. The molecule has 9 heteroatoms. The van der Waals surface area contributed by atoms with Gasteiger partial charge in [0, 0.05) is 36.6 Å². The van der Waals surface area contributed by atoms with E-state index in [0.29, 0.717) is 35.7 Å². The molecule has 0 saturated carbocycles. The molecule has 0 aliphatic heterocycles. The minimum absolute atomic E-state index is 0.263. The third-order valence-electron chi connectivity index (χ3n) is 4.28. The van der Waals surface area contributed by atoms with Crippen molar-refractivity contribution in [3.05, 3.63) is 53.6 Å². The Morgan fingerprint density at radius 2 is 2.11 bits per heavy atom. The van der Waals surface area contributed by atoms with Gasteiger partial charge >= 0.3 is 5.97 Å². The summed E-state index contributed by atoms with van der Waals surface area (Å²) in [5, 5.41) is 8.77. The number of nitrogens with zero attached hydrogens (tertiary/aromatic N) is 6. The lowest BCUT2D eigenvalue weighted by atomic mass is 10.1. The van der Waals surface area contributed by atoms with Crippen molar-refractivity contribution in [2.24, 2.45) is 7.05 Å². The Bertz CT molecular complexity index is 1130. The summed E-state index contributed by atoms with van der Waals surface area (Å²) in [6.07, 6.45) is 5.94. The van der Waals surface area contributed by atoms with Crippen LogP contribution in [-0.4, -0.2) is 41.9 Å². The maximum atomic E-state index is 12.5. The Labute approximate surface area is 161 Å². The van der Waals surface area contributed by atoms with Crippen molar-refractivity contribution >= 4 is 11.7 Å². The number of rotatable bonds is 6. The van der Waals surface area contributed by atoms with Crippen LogP contribution in [-0.2, 0) is 18.2 Å². The summed E-state index contributed by atoms with van der Waals surface area (Å²) in [6, 6.07) is 3.71. The van der Waals surface area contributed by atoms with E-state index in [0.717, 1.165) is 17.0 Å². The Hall–Kier alpha value is -3.49. The normalized spacial score (nSPS) is 11.2. The lowest BCUT2D eigenvalue weighted by Gasteiger charge is -2.03. The highest BCUT2D eigenvalue weighted by Crippen LogP contribution is 2.23. The molecule has 0 atom stereocenters. The van der Waals surface area contributed by atoms with Crippen LogP contribution in [0.15, 0.2) is 35.3 Å². The first-order valence-corrected chi connectivity index (χ1v) is 8.94. The molecule has 0 unspecified atom stereocenters. The van der Waals surface area contributed by atoms with E-state index < -0.39 is 5.97 Å². The zero-order valence-corrected chi connectivity index (χ0v) is 15.9. The van der Waals surface area contributed by atoms with Crippen LogP contribution in [0.2, 0.25) is 0 Å². The van der Waals surface area contributed by atoms with Gasteiger partial charge in [0.05, 0.1) is 19.1 Å². The van der Waals surface area contributed by atoms with Gasteiger partial charge in [-0.15, -0.1) is 5.10 Å². The van der Waals surface area contributed by atoms with Gasteiger partial charge in [0.25, 0.3) is 5.78 Å². The number of ether oxygens (including phenoxy) is 1. The molecule has 0 fully saturated rings. The van der Waals surface area contributed by atoms with Crippen LogP contribution in [0.4, 0.5) is 0 Å². The van der Waals surface area contributed by atoms with Crippen molar-refractivity contribution in [2.75, 3.05) is 6.61 Å². The third-order valence-corrected chi connectivity index (χ3v) is 4.28. The van der Waals surface area contributed by atoms with Crippen molar-refractivity contribution in [3.8, 4) is 11.3 Å². The molecular formula is C19H20N6O3. The number of hydrogen-bond acceptors (Lipinski definition) is 7. The van der Waals surface area contributed by atoms with Gasteiger partial charge in [-0.3, -0.25) is 4.68 Å². The lowest BCUT2D eigenvalue weighted by Crippen LogP contribution is -2.08. The maximum Gasteiger partial charge on any atom is 0.342 e. The molecule has 0 amide bonds. The number of carbonyl (C=O) groups excluding carboxylic acids is 1. The summed E-state index contributed by atoms with van der Waals surface area (Å²) < 4.78 is 13.8. The van der Waals surface area contributed by atoms with Gasteiger partial charge in [0.15, 0.2) is 5.82 Å². The average molecular weight is 380 g/mol. The first kappa shape index (κ1) is 17.9. The molecule has 4 rings (SSSR count). The van der Waals surface area contributed by atoms with E-state index in [2.05, 4.69) is 20.2 Å². The first-order valence-electron chi connectivity index (χ1n) is 8.94. The third kappa shape index (κ3) is 3.51. The smallest absolute Gasteiger partial charge is 0.342 e. The molecular weight excluding hydrogens is 360 g/mol. The van der Waals surface area contributed by atoms with E-state index >= 15 is 0 Å². The van der Waals surface area contributed by atoms with Crippen LogP contribution in [0.3, 0.4) is 0 Å². The second-order valence-corrected chi connectivity index (χ2v) is 6.60. The molecule has 0 aliphatic rings. The molecule has 0 N–H and O–H groups in total. The lowest BCUT2D eigenvalue weighted by molar-refractivity contribution is 0.0501. The number of fused-ring (bicyclic) bond motifs is 1. The number of hydrogen-bond donors (Lipinski definition) is 0. The molecule has 0 radical (unpaired) electrons. The Morgan fingerprint density at radius 3 is 2.89 bits per heavy atom. The van der Waals surface area contributed by atoms with Gasteiger partial charge in [-0.2, -0.15) is 10.1 Å². The predicted octanol–water partition coefficient (Wildman–Crippen LogP) is 2.52. The van der Waals surface area contributed by atoms with E-state index in [1.807, 2.05) is 19.9 Å². The number of furan rings is 1. The Kier molecular flexibility index (Phi) is 4.64. The van der Waals surface area contributed by atoms with Gasteiger partial charge in [0.2, 0.25) is 0 Å². The topological polar surface area (TPSA) is 100 Å². The van der Waals surface area contributed by atoms with E-state index in [4.69, 9.17) is 9.15 Å². The van der Waals surface area contributed by atoms with Crippen molar-refractivity contribution in [1.29, 1.82) is 0 Å². The van der Waals surface area contributed by atoms with Crippen LogP contribution >= 0.6 is 0 Å². The molecule has 0 spiro atoms. The largest absolute Gasteiger partial charge is 0.472 e. The summed E-state index contributed by atoms with van der Waals surface area (Å²) in [6.45, 7) is 4.16. The van der Waals surface area contributed by atoms with E-state index in [1.54, 1.807) is 41.0 Å². The fraction of sp³-hybridized carbons (Fsp3) is 0.316. The molecule has 0 bridgehead atoms. The summed E-state index contributed by atoms with van der Waals surface area (Å²) in [7, 11) is 1.76. The molecule has 0 aliphatic carbocycles. The van der Waals surface area contributed by atoms with Crippen molar-refractivity contribution < 1.29 is 13.9 Å². The molecule has 144 valence electrons. The van der Waals surface area contributed by atoms with Crippen molar-refractivity contribution in [2.45, 2.75) is 26.7 Å². The molecule has 4 aromatic heterocycles. The van der Waals surface area contributed by atoms with Crippen LogP contribution < -0.4 is 0 Å². The number of esters is 1. The fourth-order valence-corrected chi connectivity index (χ4v) is 3.04. The van der Waals surface area contributed by atoms with Gasteiger partial charge in [-0.05, 0) is 32.4 Å². The van der Waals surface area contributed by atoms with E-state index in [1.165, 1.54) is 0 Å². The standard InChI is InChI=1S/C19H20N6O3/c1-12-9-13(2)25-19(20-12)21-16(22-25)5-4-7-28-18(26)15-10-24(3)23-17(15)14-6-8-27-11-14/h6,8-11H,4-5,7H2,1-3H3. The molecule has 0 aromatic carbocycles. The molecule has 4 aromatic rings. The number of aryl methyl sites for hydroxylation is 4. The quantitative estimate of drug-likeness (QED) is 0.374. The number of carbonyl (C=O) groups is 1. The first-order chi connectivity index (χ1) is 13.5. The highest BCUT2D eigenvalue weighted by atomic mass is 16.5. The van der Waals surface area contributed by atoms with Gasteiger partial charge in [0.1, 0.15) is 11.3 Å². The van der Waals surface area contributed by atoms with Crippen molar-refractivity contribution in [1.82, 2.24) is 29.4 Å². The molecule has 9 nitrogen and oxygen atoms in total. The highest BCUT2D eigenvalue weighted by Gasteiger charge is 2.19. The Balaban J connectivity index is 1.37. The maximum absolute atomic E-state index is 12.5. The van der Waals surface area contributed by atoms with Gasteiger partial charge in [-0.25, -0.2) is 14.3 Å². The van der Waals surface area contributed by atoms with Crippen LogP contribution in [0.1, 0.15) is 34.0 Å². The minimum Gasteiger partial charge on any atom is -0.472 e. The fourth-order valence-electron chi connectivity index (χ4n) is 3.04. The van der Waals surface area contributed by atoms with Crippen LogP contribution in [0, 0.1) is 13.8 Å². The monoisotopic (exact) mass is 380 g/mol.